The Bertz CT molecular complexity index is 1400. The summed E-state index contributed by atoms with van der Waals surface area (Å²) in [6, 6.07) is 3.75. The first-order valence-corrected chi connectivity index (χ1v) is 13.6. The number of halogens is 1. The molecule has 2 saturated heterocycles. The van der Waals surface area contributed by atoms with Gasteiger partial charge < -0.3 is 28.4 Å². The van der Waals surface area contributed by atoms with Crippen molar-refractivity contribution in [3.8, 4) is 0 Å². The predicted molar refractivity (Wildman–Crippen MR) is 136 cm³/mol. The molecule has 2 spiro atoms. The van der Waals surface area contributed by atoms with Gasteiger partial charge in [0, 0.05) is 48.8 Å². The lowest BCUT2D eigenvalue weighted by Crippen LogP contribution is -2.75. The van der Waals surface area contributed by atoms with Crippen molar-refractivity contribution >= 4 is 34.8 Å². The van der Waals surface area contributed by atoms with Gasteiger partial charge in [-0.15, -0.1) is 0 Å². The maximum absolute atomic E-state index is 13.9. The molecule has 12 nitrogen and oxygen atoms in total. The molecule has 1 aromatic heterocycles. The quantitative estimate of drug-likeness (QED) is 0.489. The lowest BCUT2D eigenvalue weighted by molar-refractivity contribution is -0.425. The number of nitrogens with zero attached hydrogens (tertiary/aromatic N) is 3. The van der Waals surface area contributed by atoms with Crippen molar-refractivity contribution in [3.05, 3.63) is 54.0 Å². The first-order valence-electron chi connectivity index (χ1n) is 13.6. The molecule has 5 heterocycles. The Morgan fingerprint density at radius 1 is 0.829 bits per heavy atom. The molecular weight excluding hydrogens is 541 g/mol. The van der Waals surface area contributed by atoms with Crippen molar-refractivity contribution in [1.82, 2.24) is 15.0 Å². The average Bonchev–Trinajstić information content (AvgIpc) is 3.20. The first kappa shape index (κ1) is 27.1. The summed E-state index contributed by atoms with van der Waals surface area (Å²) in [4.78, 5) is 55.7. The van der Waals surface area contributed by atoms with E-state index in [0.717, 1.165) is 62.8 Å². The SMILES string of the molecule is O=C1C=CC(=O)OC2(O1)C(c1noc3cc(F)ccc13)CCN(CCCN1CCCCC1)C21OC(=O)C=CC(=O)O1. The van der Waals surface area contributed by atoms with Gasteiger partial charge in [0.25, 0.3) is 0 Å². The fraction of sp³-hybridized carbons (Fsp3) is 0.464. The van der Waals surface area contributed by atoms with Crippen molar-refractivity contribution in [3.63, 3.8) is 0 Å². The number of esters is 4. The fourth-order valence-corrected chi connectivity index (χ4v) is 6.05. The highest BCUT2D eigenvalue weighted by Gasteiger charge is 2.75. The van der Waals surface area contributed by atoms with E-state index in [1.807, 2.05) is 0 Å². The van der Waals surface area contributed by atoms with E-state index in [1.54, 1.807) is 4.90 Å². The third-order valence-corrected chi connectivity index (χ3v) is 7.84. The van der Waals surface area contributed by atoms with Gasteiger partial charge in [0.15, 0.2) is 5.58 Å². The average molecular weight is 570 g/mol. The zero-order chi connectivity index (χ0) is 28.6. The van der Waals surface area contributed by atoms with Crippen molar-refractivity contribution < 1.29 is 47.0 Å². The number of carbonyl (C=O) groups excluding carboxylic acids is 4. The summed E-state index contributed by atoms with van der Waals surface area (Å²) >= 11 is 0. The lowest BCUT2D eigenvalue weighted by Gasteiger charge is -2.54. The van der Waals surface area contributed by atoms with Crippen LogP contribution in [0.4, 0.5) is 4.39 Å². The van der Waals surface area contributed by atoms with Crippen molar-refractivity contribution in [2.75, 3.05) is 32.7 Å². The van der Waals surface area contributed by atoms with E-state index in [0.29, 0.717) is 11.8 Å². The van der Waals surface area contributed by atoms with Crippen LogP contribution in [0.15, 0.2) is 47.0 Å². The van der Waals surface area contributed by atoms with Crippen LogP contribution in [-0.2, 0) is 38.1 Å². The summed E-state index contributed by atoms with van der Waals surface area (Å²) in [6.45, 7) is 3.05. The molecule has 0 aliphatic carbocycles. The molecule has 1 atom stereocenters. The van der Waals surface area contributed by atoms with Crippen LogP contribution in [0, 0.1) is 5.82 Å². The number of fused-ring (bicyclic) bond motifs is 2. The summed E-state index contributed by atoms with van der Waals surface area (Å²) in [5.41, 5.74) is 0.230. The molecular formula is C28H28FN3O9. The number of likely N-dealkylation sites (tertiary alicyclic amines) is 2. The second kappa shape index (κ2) is 10.7. The largest absolute Gasteiger partial charge is 0.409 e. The molecule has 1 unspecified atom stereocenters. The number of ether oxygens (including phenoxy) is 4. The minimum absolute atomic E-state index is 0.0917. The molecule has 1 aromatic carbocycles. The zero-order valence-electron chi connectivity index (χ0n) is 22.1. The highest BCUT2D eigenvalue weighted by molar-refractivity contribution is 5.95. The van der Waals surface area contributed by atoms with Crippen molar-refractivity contribution in [2.24, 2.45) is 0 Å². The Kier molecular flexibility index (Phi) is 7.08. The first-order chi connectivity index (χ1) is 19.8. The summed E-state index contributed by atoms with van der Waals surface area (Å²) in [5, 5.41) is 4.46. The highest BCUT2D eigenvalue weighted by Crippen LogP contribution is 2.53. The van der Waals surface area contributed by atoms with Gasteiger partial charge in [0.2, 0.25) is 0 Å². The monoisotopic (exact) mass is 569 g/mol. The van der Waals surface area contributed by atoms with Crippen LogP contribution in [0.1, 0.15) is 43.7 Å². The number of carbonyl (C=O) groups is 4. The Morgan fingerprint density at radius 3 is 2.12 bits per heavy atom. The van der Waals surface area contributed by atoms with E-state index in [-0.39, 0.29) is 30.8 Å². The molecule has 4 aliphatic heterocycles. The van der Waals surface area contributed by atoms with E-state index in [1.165, 1.54) is 18.6 Å². The van der Waals surface area contributed by atoms with Gasteiger partial charge in [0.1, 0.15) is 11.5 Å². The van der Waals surface area contributed by atoms with Crippen molar-refractivity contribution in [2.45, 2.75) is 49.7 Å². The molecule has 4 aliphatic rings. The molecule has 0 amide bonds. The highest BCUT2D eigenvalue weighted by atomic mass is 19.1. The minimum Gasteiger partial charge on any atom is -0.409 e. The molecule has 0 N–H and O–H groups in total. The topological polar surface area (TPSA) is 138 Å². The number of benzene rings is 1. The number of piperidine rings is 2. The molecule has 2 fully saturated rings. The maximum atomic E-state index is 13.9. The fourth-order valence-electron chi connectivity index (χ4n) is 6.05. The van der Waals surface area contributed by atoms with E-state index in [9.17, 15) is 23.6 Å². The zero-order valence-corrected chi connectivity index (χ0v) is 22.1. The maximum Gasteiger partial charge on any atom is 0.403 e. The third-order valence-electron chi connectivity index (χ3n) is 7.84. The van der Waals surface area contributed by atoms with E-state index in [4.69, 9.17) is 23.5 Å². The van der Waals surface area contributed by atoms with E-state index in [2.05, 4.69) is 10.1 Å². The van der Waals surface area contributed by atoms with Crippen LogP contribution in [0.2, 0.25) is 0 Å². The van der Waals surface area contributed by atoms with Gasteiger partial charge in [-0.25, -0.2) is 28.5 Å². The number of hydrogen-bond donors (Lipinski definition) is 0. The van der Waals surface area contributed by atoms with Gasteiger partial charge in [-0.05, 0) is 57.5 Å². The summed E-state index contributed by atoms with van der Waals surface area (Å²) in [7, 11) is 0. The Morgan fingerprint density at radius 2 is 1.46 bits per heavy atom. The van der Waals surface area contributed by atoms with Crippen LogP contribution in [0.3, 0.4) is 0 Å². The van der Waals surface area contributed by atoms with Gasteiger partial charge in [-0.2, -0.15) is 0 Å². The van der Waals surface area contributed by atoms with Gasteiger partial charge in [-0.1, -0.05) is 11.6 Å². The summed E-state index contributed by atoms with van der Waals surface area (Å²) in [5.74, 6) is -10.7. The molecule has 0 bridgehead atoms. The number of rotatable bonds is 5. The van der Waals surface area contributed by atoms with Gasteiger partial charge in [-0.3, -0.25) is 0 Å². The standard InChI is InChI=1S/C28H28FN3O9/c29-18-5-6-19-21(17-18)41-30-26(19)20-11-16-32(15-4-14-31-12-2-1-3-13-31)28(39-24(35)9-10-25(36)40-28)27(20)37-22(33)7-8-23(34)38-27/h5-10,17,20H,1-4,11-16H2. The molecule has 2 aromatic rings. The molecule has 216 valence electrons. The second-order valence-electron chi connectivity index (χ2n) is 10.4. The molecule has 6 rings (SSSR count). The molecule has 13 heteroatoms. The Hall–Kier alpha value is -4.10. The molecule has 0 radical (unpaired) electrons. The van der Waals surface area contributed by atoms with E-state index >= 15 is 0 Å². The lowest BCUT2D eigenvalue weighted by atomic mass is 9.82. The smallest absolute Gasteiger partial charge is 0.403 e. The van der Waals surface area contributed by atoms with Crippen LogP contribution < -0.4 is 0 Å². The van der Waals surface area contributed by atoms with Crippen LogP contribution in [-0.4, -0.2) is 83.3 Å². The predicted octanol–water partition coefficient (Wildman–Crippen LogP) is 2.29. The minimum atomic E-state index is -2.54. The summed E-state index contributed by atoms with van der Waals surface area (Å²) in [6.07, 6.45) is 7.62. The van der Waals surface area contributed by atoms with Gasteiger partial charge >= 0.3 is 35.6 Å². The number of hydrogen-bond acceptors (Lipinski definition) is 12. The third kappa shape index (κ3) is 4.88. The van der Waals surface area contributed by atoms with Gasteiger partial charge in [0.05, 0.1) is 5.92 Å². The second-order valence-corrected chi connectivity index (χ2v) is 10.4. The van der Waals surface area contributed by atoms with Crippen LogP contribution in [0.5, 0.6) is 0 Å². The van der Waals surface area contributed by atoms with Crippen LogP contribution >= 0.6 is 0 Å². The summed E-state index contributed by atoms with van der Waals surface area (Å²) < 4.78 is 42.6. The van der Waals surface area contributed by atoms with E-state index < -0.39 is 47.3 Å². The molecule has 0 saturated carbocycles. The number of aromatic nitrogens is 1. The normalized spacial score (nSPS) is 24.6. The molecule has 41 heavy (non-hydrogen) atoms. The van der Waals surface area contributed by atoms with Crippen LogP contribution in [0.25, 0.3) is 11.0 Å². The van der Waals surface area contributed by atoms with Crippen molar-refractivity contribution in [1.29, 1.82) is 0 Å². The Balaban J connectivity index is 1.47. The Labute approximate surface area is 233 Å².